The summed E-state index contributed by atoms with van der Waals surface area (Å²) in [5.74, 6) is 0.649. The molecule has 4 heterocycles. The lowest BCUT2D eigenvalue weighted by Crippen LogP contribution is -2.52. The number of likely N-dealkylation sites (tertiary alicyclic amines) is 1. The summed E-state index contributed by atoms with van der Waals surface area (Å²) in [5, 5.41) is 0.529. The van der Waals surface area contributed by atoms with Crippen LogP contribution in [0.25, 0.3) is 17.0 Å². The second-order valence-electron chi connectivity index (χ2n) is 10.2. The van der Waals surface area contributed by atoms with Gasteiger partial charge in [0, 0.05) is 36.6 Å². The van der Waals surface area contributed by atoms with Crippen molar-refractivity contribution < 1.29 is 28.1 Å². The van der Waals surface area contributed by atoms with E-state index in [9.17, 15) is 4.79 Å². The van der Waals surface area contributed by atoms with Gasteiger partial charge in [0.25, 0.3) is 0 Å². The second-order valence-corrected chi connectivity index (χ2v) is 10.2. The Balaban J connectivity index is 1.15. The van der Waals surface area contributed by atoms with Gasteiger partial charge in [-0.1, -0.05) is 11.6 Å². The summed E-state index contributed by atoms with van der Waals surface area (Å²) >= 11 is 0. The van der Waals surface area contributed by atoms with Crippen molar-refractivity contribution in [3.8, 4) is 23.1 Å². The summed E-state index contributed by atoms with van der Waals surface area (Å²) in [7, 11) is 1.52. The zero-order valence-corrected chi connectivity index (χ0v) is 21.5. The van der Waals surface area contributed by atoms with Gasteiger partial charge in [-0.3, -0.25) is 9.78 Å². The predicted molar refractivity (Wildman–Crippen MR) is 137 cm³/mol. The monoisotopic (exact) mass is 520 g/mol. The number of hydrogen-bond acceptors (Lipinski definition) is 8. The Hall–Kier alpha value is -3.79. The fourth-order valence-corrected chi connectivity index (χ4v) is 5.26. The molecule has 2 fully saturated rings. The summed E-state index contributed by atoms with van der Waals surface area (Å²) in [6.07, 6.45) is 7.38. The minimum atomic E-state index is -0.472. The van der Waals surface area contributed by atoms with Crippen molar-refractivity contribution in [1.82, 2.24) is 19.9 Å². The zero-order valence-electron chi connectivity index (χ0n) is 21.5. The van der Waals surface area contributed by atoms with E-state index >= 15 is 4.39 Å². The number of carbonyl (C=O) groups excluding carboxylic acids is 1. The maximum atomic E-state index is 15.1. The van der Waals surface area contributed by atoms with Crippen LogP contribution in [0.4, 0.5) is 4.39 Å². The molecule has 6 rings (SSSR count). The van der Waals surface area contributed by atoms with Gasteiger partial charge in [-0.15, -0.1) is 0 Å². The van der Waals surface area contributed by atoms with Gasteiger partial charge in [0.15, 0.2) is 23.1 Å². The van der Waals surface area contributed by atoms with Crippen molar-refractivity contribution in [2.75, 3.05) is 40.0 Å². The SMILES string of the molecule is COc1cc2c(Oc3cnc4c(c3F)C=C(C)C4)ncnc2cc1OCCC(=O)N1CCC2(CC1)COC2. The maximum Gasteiger partial charge on any atom is 0.230 e. The predicted octanol–water partition coefficient (Wildman–Crippen LogP) is 4.33. The van der Waals surface area contributed by atoms with Crippen molar-refractivity contribution in [3.63, 3.8) is 0 Å². The van der Waals surface area contributed by atoms with E-state index in [4.69, 9.17) is 18.9 Å². The van der Waals surface area contributed by atoms with Crippen LogP contribution in [0.15, 0.2) is 30.2 Å². The number of benzene rings is 1. The van der Waals surface area contributed by atoms with Crippen LogP contribution in [0, 0.1) is 11.2 Å². The first-order valence-corrected chi connectivity index (χ1v) is 12.8. The number of methoxy groups -OCH3 is 1. The molecule has 0 radical (unpaired) electrons. The molecule has 3 aromatic rings. The van der Waals surface area contributed by atoms with E-state index < -0.39 is 5.82 Å². The van der Waals surface area contributed by atoms with E-state index in [0.29, 0.717) is 40.1 Å². The number of pyridine rings is 1. The molecule has 0 bridgehead atoms. The number of hydrogen-bond donors (Lipinski definition) is 0. The summed E-state index contributed by atoms with van der Waals surface area (Å²) < 4.78 is 37.8. The van der Waals surface area contributed by atoms with Gasteiger partial charge < -0.3 is 23.8 Å². The molecule has 1 aromatic carbocycles. The smallest absolute Gasteiger partial charge is 0.230 e. The third kappa shape index (κ3) is 4.53. The van der Waals surface area contributed by atoms with Crippen LogP contribution in [0.3, 0.4) is 0 Å². The Labute approximate surface area is 219 Å². The average Bonchev–Trinajstić information content (AvgIpc) is 3.30. The van der Waals surface area contributed by atoms with Crippen LogP contribution < -0.4 is 14.2 Å². The van der Waals surface area contributed by atoms with Crippen molar-refractivity contribution in [3.05, 3.63) is 47.3 Å². The third-order valence-electron chi connectivity index (χ3n) is 7.60. The van der Waals surface area contributed by atoms with Crippen molar-refractivity contribution in [2.24, 2.45) is 5.41 Å². The molecule has 0 unspecified atom stereocenters. The number of nitrogens with zero attached hydrogens (tertiary/aromatic N) is 4. The second kappa shape index (κ2) is 9.83. The van der Waals surface area contributed by atoms with Gasteiger partial charge in [-0.2, -0.15) is 0 Å². The molecule has 2 saturated heterocycles. The van der Waals surface area contributed by atoms with Crippen molar-refractivity contribution in [2.45, 2.75) is 32.6 Å². The highest BCUT2D eigenvalue weighted by Crippen LogP contribution is 2.39. The minimum absolute atomic E-state index is 0.0130. The molecular weight excluding hydrogens is 491 g/mol. The van der Waals surface area contributed by atoms with Crippen LogP contribution in [0.1, 0.15) is 37.4 Å². The maximum absolute atomic E-state index is 15.1. The topological polar surface area (TPSA) is 95.9 Å². The number of allylic oxidation sites excluding steroid dienone is 1. The summed E-state index contributed by atoms with van der Waals surface area (Å²) in [6.45, 7) is 5.29. The molecule has 1 spiro atoms. The lowest BCUT2D eigenvalue weighted by molar-refractivity contribution is -0.153. The summed E-state index contributed by atoms with van der Waals surface area (Å²) in [5.41, 5.74) is 3.01. The van der Waals surface area contributed by atoms with Crippen LogP contribution in [0.2, 0.25) is 0 Å². The van der Waals surface area contributed by atoms with Crippen LogP contribution in [0.5, 0.6) is 23.1 Å². The highest BCUT2D eigenvalue weighted by atomic mass is 19.1. The molecule has 0 atom stereocenters. The van der Waals surface area contributed by atoms with E-state index in [0.717, 1.165) is 44.7 Å². The molecule has 0 saturated carbocycles. The van der Waals surface area contributed by atoms with E-state index in [2.05, 4.69) is 15.0 Å². The summed E-state index contributed by atoms with van der Waals surface area (Å²) in [6, 6.07) is 3.40. The van der Waals surface area contributed by atoms with Gasteiger partial charge in [-0.05, 0) is 25.8 Å². The van der Waals surface area contributed by atoms with Crippen LogP contribution in [-0.2, 0) is 16.0 Å². The molecule has 38 heavy (non-hydrogen) atoms. The molecule has 2 aromatic heterocycles. The number of aromatic nitrogens is 3. The Morgan fingerprint density at radius 2 is 1.95 bits per heavy atom. The van der Waals surface area contributed by atoms with Crippen LogP contribution in [-0.4, -0.2) is 65.8 Å². The minimum Gasteiger partial charge on any atom is -0.493 e. The van der Waals surface area contributed by atoms with Gasteiger partial charge in [-0.25, -0.2) is 14.4 Å². The molecule has 198 valence electrons. The molecule has 3 aliphatic rings. The highest BCUT2D eigenvalue weighted by Gasteiger charge is 2.41. The number of piperidine rings is 1. The summed E-state index contributed by atoms with van der Waals surface area (Å²) in [4.78, 5) is 27.5. The number of amides is 1. The van der Waals surface area contributed by atoms with Gasteiger partial charge >= 0.3 is 0 Å². The molecule has 10 heteroatoms. The first-order chi connectivity index (χ1) is 18.4. The fourth-order valence-electron chi connectivity index (χ4n) is 5.26. The van der Waals surface area contributed by atoms with Crippen molar-refractivity contribution in [1.29, 1.82) is 0 Å². The van der Waals surface area contributed by atoms with Gasteiger partial charge in [0.05, 0.1) is 56.1 Å². The molecule has 0 N–H and O–H groups in total. The Bertz CT molecular complexity index is 1430. The molecule has 1 aliphatic carbocycles. The van der Waals surface area contributed by atoms with E-state index in [1.165, 1.54) is 19.6 Å². The number of fused-ring (bicyclic) bond motifs is 2. The molecule has 2 aliphatic heterocycles. The third-order valence-corrected chi connectivity index (χ3v) is 7.60. The highest BCUT2D eigenvalue weighted by molar-refractivity contribution is 5.87. The van der Waals surface area contributed by atoms with Gasteiger partial charge in [0.2, 0.25) is 11.8 Å². The Morgan fingerprint density at radius 3 is 2.68 bits per heavy atom. The number of carbonyl (C=O) groups is 1. The van der Waals surface area contributed by atoms with E-state index in [1.54, 1.807) is 18.2 Å². The van der Waals surface area contributed by atoms with E-state index in [1.807, 2.05) is 11.8 Å². The molecule has 9 nitrogen and oxygen atoms in total. The number of rotatable bonds is 7. The van der Waals surface area contributed by atoms with Crippen molar-refractivity contribution >= 4 is 22.9 Å². The lowest BCUT2D eigenvalue weighted by Gasteiger charge is -2.47. The largest absolute Gasteiger partial charge is 0.493 e. The molecular formula is C28H29FN4O5. The van der Waals surface area contributed by atoms with Crippen LogP contribution >= 0.6 is 0 Å². The Morgan fingerprint density at radius 1 is 1.13 bits per heavy atom. The first kappa shape index (κ1) is 24.5. The number of halogens is 1. The lowest BCUT2D eigenvalue weighted by atomic mass is 9.77. The van der Waals surface area contributed by atoms with E-state index in [-0.39, 0.29) is 36.0 Å². The zero-order chi connectivity index (χ0) is 26.3. The average molecular weight is 521 g/mol. The fraction of sp³-hybridized carbons (Fsp3) is 0.429. The number of ether oxygens (including phenoxy) is 4. The normalized spacial score (nSPS) is 17.7. The quantitative estimate of drug-likeness (QED) is 0.454. The van der Waals surface area contributed by atoms with Gasteiger partial charge in [0.1, 0.15) is 6.33 Å². The first-order valence-electron chi connectivity index (χ1n) is 12.8. The Kier molecular flexibility index (Phi) is 6.35. The standard InChI is InChI=1S/C28H29FN4O5/c1-17-9-18-20(10-17)30-13-24(26(18)29)38-27-19-11-22(35-2)23(12-21(19)31-16-32-27)37-8-3-25(34)33-6-4-28(5-7-33)14-36-15-28/h9,11-13,16H,3-8,10,14-15H2,1-2H3. The molecule has 1 amide bonds.